The van der Waals surface area contributed by atoms with Gasteiger partial charge in [0.05, 0.1) is 6.61 Å². The SMILES string of the molecule is C=CCO.C=CCOC(=O)/C=C/C(=O)O.O=C1C=CC(=O)O1. The summed E-state index contributed by atoms with van der Waals surface area (Å²) in [7, 11) is 0. The van der Waals surface area contributed by atoms with Crippen molar-refractivity contribution in [3.63, 3.8) is 0 Å². The van der Waals surface area contributed by atoms with Gasteiger partial charge in [0.25, 0.3) is 0 Å². The van der Waals surface area contributed by atoms with Gasteiger partial charge < -0.3 is 19.7 Å². The van der Waals surface area contributed by atoms with E-state index in [1.165, 1.54) is 12.2 Å². The summed E-state index contributed by atoms with van der Waals surface area (Å²) in [4.78, 5) is 40.2. The molecule has 8 nitrogen and oxygen atoms in total. The van der Waals surface area contributed by atoms with Crippen molar-refractivity contribution in [3.05, 3.63) is 49.6 Å². The average Bonchev–Trinajstić information content (AvgIpc) is 2.87. The van der Waals surface area contributed by atoms with Crippen molar-refractivity contribution in [2.24, 2.45) is 0 Å². The van der Waals surface area contributed by atoms with Crippen LogP contribution in [0.25, 0.3) is 0 Å². The van der Waals surface area contributed by atoms with Crippen LogP contribution in [0.5, 0.6) is 0 Å². The monoisotopic (exact) mass is 312 g/mol. The van der Waals surface area contributed by atoms with E-state index in [1.807, 2.05) is 0 Å². The lowest BCUT2D eigenvalue weighted by Crippen LogP contribution is -2.01. The zero-order valence-electron chi connectivity index (χ0n) is 11.6. The van der Waals surface area contributed by atoms with Crippen LogP contribution >= 0.6 is 0 Å². The molecule has 120 valence electrons. The fourth-order valence-electron chi connectivity index (χ4n) is 0.632. The Balaban J connectivity index is 0. The summed E-state index contributed by atoms with van der Waals surface area (Å²) in [6.07, 6.45) is 6.55. The Kier molecular flexibility index (Phi) is 14.0. The van der Waals surface area contributed by atoms with Gasteiger partial charge in [-0.1, -0.05) is 18.7 Å². The number of aliphatic hydroxyl groups excluding tert-OH is 1. The van der Waals surface area contributed by atoms with Crippen LogP contribution in [0.2, 0.25) is 0 Å². The number of esters is 3. The molecule has 0 amide bonds. The summed E-state index contributed by atoms with van der Waals surface area (Å²) in [5, 5.41) is 15.8. The maximum Gasteiger partial charge on any atom is 0.338 e. The highest BCUT2D eigenvalue weighted by atomic mass is 16.6. The number of cyclic esters (lactones) is 2. The quantitative estimate of drug-likeness (QED) is 0.318. The first kappa shape index (κ1) is 21.3. The molecule has 1 aliphatic rings. The minimum atomic E-state index is -1.18. The van der Waals surface area contributed by atoms with E-state index >= 15 is 0 Å². The molecule has 0 aromatic carbocycles. The number of hydrogen-bond acceptors (Lipinski definition) is 7. The molecule has 0 radical (unpaired) electrons. The molecular formula is C14H16O8. The van der Waals surface area contributed by atoms with Crippen molar-refractivity contribution < 1.29 is 38.9 Å². The molecule has 1 heterocycles. The molecule has 8 heteroatoms. The third-order valence-electron chi connectivity index (χ3n) is 1.39. The fourth-order valence-corrected chi connectivity index (χ4v) is 0.632. The molecule has 0 aromatic rings. The second-order valence-corrected chi connectivity index (χ2v) is 3.14. The van der Waals surface area contributed by atoms with E-state index in [2.05, 4.69) is 22.6 Å². The molecule has 0 unspecified atom stereocenters. The van der Waals surface area contributed by atoms with Crippen LogP contribution < -0.4 is 0 Å². The molecule has 0 saturated heterocycles. The van der Waals surface area contributed by atoms with Crippen LogP contribution in [0, 0.1) is 0 Å². The van der Waals surface area contributed by atoms with E-state index in [0.717, 1.165) is 18.2 Å². The Bertz CT molecular complexity index is 457. The highest BCUT2D eigenvalue weighted by molar-refractivity contribution is 6.04. The highest BCUT2D eigenvalue weighted by Crippen LogP contribution is 1.92. The Hall–Kier alpha value is -3.00. The Morgan fingerprint density at radius 3 is 1.91 bits per heavy atom. The number of carboxylic acids is 1. The minimum absolute atomic E-state index is 0.0833. The molecule has 0 aliphatic carbocycles. The van der Waals surface area contributed by atoms with Crippen LogP contribution in [0.4, 0.5) is 0 Å². The van der Waals surface area contributed by atoms with Crippen molar-refractivity contribution >= 4 is 23.9 Å². The van der Waals surface area contributed by atoms with Gasteiger partial charge in [-0.3, -0.25) is 0 Å². The number of ether oxygens (including phenoxy) is 2. The van der Waals surface area contributed by atoms with Gasteiger partial charge in [0.2, 0.25) is 0 Å². The lowest BCUT2D eigenvalue weighted by molar-refractivity contribution is -0.150. The van der Waals surface area contributed by atoms with Crippen molar-refractivity contribution in [1.29, 1.82) is 0 Å². The first-order valence-electron chi connectivity index (χ1n) is 5.71. The maximum absolute atomic E-state index is 10.5. The zero-order chi connectivity index (χ0) is 17.4. The number of rotatable bonds is 5. The lowest BCUT2D eigenvalue weighted by Gasteiger charge is -1.93. The van der Waals surface area contributed by atoms with Gasteiger partial charge in [0, 0.05) is 24.3 Å². The van der Waals surface area contributed by atoms with Crippen LogP contribution in [0.1, 0.15) is 0 Å². The largest absolute Gasteiger partial charge is 0.478 e. The van der Waals surface area contributed by atoms with E-state index in [0.29, 0.717) is 6.08 Å². The second-order valence-electron chi connectivity index (χ2n) is 3.14. The Morgan fingerprint density at radius 1 is 1.14 bits per heavy atom. The molecule has 0 atom stereocenters. The first-order valence-corrected chi connectivity index (χ1v) is 5.71. The van der Waals surface area contributed by atoms with Crippen LogP contribution in [-0.2, 0) is 28.7 Å². The number of carboxylic acid groups (broad SMARTS) is 1. The van der Waals surface area contributed by atoms with Gasteiger partial charge in [-0.2, -0.15) is 0 Å². The fraction of sp³-hybridized carbons (Fsp3) is 0.143. The second kappa shape index (κ2) is 14.4. The molecule has 2 N–H and O–H groups in total. The van der Waals surface area contributed by atoms with Gasteiger partial charge in [0.15, 0.2) is 0 Å². The van der Waals surface area contributed by atoms with Crippen molar-refractivity contribution in [2.75, 3.05) is 13.2 Å². The smallest absolute Gasteiger partial charge is 0.338 e. The molecule has 0 bridgehead atoms. The van der Waals surface area contributed by atoms with Crippen molar-refractivity contribution in [3.8, 4) is 0 Å². The van der Waals surface area contributed by atoms with Crippen LogP contribution in [0.15, 0.2) is 49.6 Å². The van der Waals surface area contributed by atoms with E-state index in [1.54, 1.807) is 0 Å². The summed E-state index contributed by atoms with van der Waals surface area (Å²) in [5.41, 5.74) is 0. The maximum atomic E-state index is 10.5. The third kappa shape index (κ3) is 17.0. The molecule has 1 aliphatic heterocycles. The minimum Gasteiger partial charge on any atom is -0.478 e. The predicted molar refractivity (Wildman–Crippen MR) is 75.5 cm³/mol. The standard InChI is InChI=1S/C7H8O4.C4H2O3.C3H6O/c1-2-5-11-7(10)4-3-6(8)9;5-3-1-2-4(6)7-3;1-2-3-4/h2-4H,1,5H2,(H,8,9);1-2H;2,4H,1,3H2/b4-3+;;. The van der Waals surface area contributed by atoms with Gasteiger partial charge in [-0.15, -0.1) is 6.58 Å². The van der Waals surface area contributed by atoms with E-state index in [4.69, 9.17) is 10.2 Å². The zero-order valence-corrected chi connectivity index (χ0v) is 11.6. The van der Waals surface area contributed by atoms with E-state index in [9.17, 15) is 19.2 Å². The van der Waals surface area contributed by atoms with Gasteiger partial charge in [-0.25, -0.2) is 19.2 Å². The van der Waals surface area contributed by atoms with Crippen LogP contribution in [-0.4, -0.2) is 47.3 Å². The molecule has 0 spiro atoms. The van der Waals surface area contributed by atoms with Gasteiger partial charge in [-0.05, 0) is 0 Å². The average molecular weight is 312 g/mol. The summed E-state index contributed by atoms with van der Waals surface area (Å²) in [6.45, 7) is 6.71. The summed E-state index contributed by atoms with van der Waals surface area (Å²) >= 11 is 0. The summed E-state index contributed by atoms with van der Waals surface area (Å²) in [6, 6.07) is 0. The summed E-state index contributed by atoms with van der Waals surface area (Å²) in [5.74, 6) is -3.03. The number of hydrogen-bond donors (Lipinski definition) is 2. The molecule has 22 heavy (non-hydrogen) atoms. The number of carbonyl (C=O) groups excluding carboxylic acids is 3. The van der Waals surface area contributed by atoms with Crippen molar-refractivity contribution in [1.82, 2.24) is 0 Å². The number of aliphatic hydroxyl groups is 1. The molecule has 0 fully saturated rings. The number of aliphatic carboxylic acids is 1. The Morgan fingerprint density at radius 2 is 1.64 bits per heavy atom. The highest BCUT2D eigenvalue weighted by Gasteiger charge is 2.10. The van der Waals surface area contributed by atoms with Gasteiger partial charge >= 0.3 is 23.9 Å². The molecule has 0 aromatic heterocycles. The normalized spacial score (nSPS) is 11.5. The molecular weight excluding hydrogens is 296 g/mol. The molecule has 1 rings (SSSR count). The number of carbonyl (C=O) groups is 4. The topological polar surface area (TPSA) is 127 Å². The van der Waals surface area contributed by atoms with Crippen molar-refractivity contribution in [2.45, 2.75) is 0 Å². The van der Waals surface area contributed by atoms with Crippen LogP contribution in [0.3, 0.4) is 0 Å². The van der Waals surface area contributed by atoms with Gasteiger partial charge in [0.1, 0.15) is 6.61 Å². The third-order valence-corrected chi connectivity index (χ3v) is 1.39. The summed E-state index contributed by atoms with van der Waals surface area (Å²) < 4.78 is 8.41. The lowest BCUT2D eigenvalue weighted by atomic mass is 10.5. The van der Waals surface area contributed by atoms with E-state index in [-0.39, 0.29) is 13.2 Å². The Labute approximate surface area is 126 Å². The predicted octanol–water partition coefficient (Wildman–Crippen LogP) is 0.147. The first-order chi connectivity index (χ1) is 10.4. The molecule has 0 saturated carbocycles. The van der Waals surface area contributed by atoms with E-state index < -0.39 is 23.9 Å².